The smallest absolute Gasteiger partial charge is 0.251 e. The maximum atomic E-state index is 11.9. The van der Waals surface area contributed by atoms with E-state index in [1.807, 2.05) is 0 Å². The molecule has 0 bridgehead atoms. The Hall–Kier alpha value is -0.220. The van der Waals surface area contributed by atoms with Crippen LogP contribution in [0.4, 0.5) is 8.78 Å². The molecule has 72 valence electrons. The molecule has 1 atom stereocenters. The van der Waals surface area contributed by atoms with Gasteiger partial charge in [-0.05, 0) is 32.5 Å². The lowest BCUT2D eigenvalue weighted by Gasteiger charge is -2.19. The Bertz CT molecular complexity index is 124. The van der Waals surface area contributed by atoms with Gasteiger partial charge in [0.25, 0.3) is 6.43 Å². The molecule has 0 radical (unpaired) electrons. The third kappa shape index (κ3) is 3.45. The minimum Gasteiger partial charge on any atom is -0.316 e. The third-order valence-electron chi connectivity index (χ3n) is 2.18. The van der Waals surface area contributed by atoms with E-state index in [9.17, 15) is 8.78 Å². The van der Waals surface area contributed by atoms with E-state index in [0.717, 1.165) is 26.1 Å². The molecule has 0 amide bonds. The van der Waals surface area contributed by atoms with E-state index < -0.39 is 6.43 Å². The van der Waals surface area contributed by atoms with Gasteiger partial charge >= 0.3 is 0 Å². The number of halogens is 2. The number of alkyl halides is 2. The van der Waals surface area contributed by atoms with Crippen molar-refractivity contribution in [3.63, 3.8) is 0 Å². The first-order valence-electron chi connectivity index (χ1n) is 4.36. The maximum Gasteiger partial charge on any atom is 0.251 e. The number of nitrogens with one attached hydrogen (secondary N) is 1. The van der Waals surface area contributed by atoms with E-state index in [4.69, 9.17) is 0 Å². The van der Waals surface area contributed by atoms with Crippen molar-refractivity contribution in [1.82, 2.24) is 10.2 Å². The summed E-state index contributed by atoms with van der Waals surface area (Å²) in [7, 11) is 1.75. The quantitative estimate of drug-likeness (QED) is 0.684. The molecule has 0 aliphatic carbocycles. The lowest BCUT2D eigenvalue weighted by Crippen LogP contribution is -2.30. The molecule has 0 aromatic heterocycles. The van der Waals surface area contributed by atoms with Gasteiger partial charge in [0.2, 0.25) is 0 Å². The summed E-state index contributed by atoms with van der Waals surface area (Å²) >= 11 is 0. The SMILES string of the molecule is CN(CC(F)F)CC1CCNC1. The highest BCUT2D eigenvalue weighted by molar-refractivity contribution is 4.73. The molecular weight excluding hydrogens is 162 g/mol. The molecule has 1 aliphatic heterocycles. The second-order valence-electron chi connectivity index (χ2n) is 3.47. The Morgan fingerprint density at radius 2 is 2.33 bits per heavy atom. The second kappa shape index (κ2) is 4.72. The van der Waals surface area contributed by atoms with Crippen molar-refractivity contribution in [1.29, 1.82) is 0 Å². The first-order valence-corrected chi connectivity index (χ1v) is 4.36. The molecule has 4 heteroatoms. The Kier molecular flexibility index (Phi) is 3.88. The average molecular weight is 178 g/mol. The predicted octanol–water partition coefficient (Wildman–Crippen LogP) is 0.793. The van der Waals surface area contributed by atoms with Crippen molar-refractivity contribution in [3.05, 3.63) is 0 Å². The number of rotatable bonds is 4. The molecule has 0 aromatic rings. The van der Waals surface area contributed by atoms with E-state index in [2.05, 4.69) is 5.32 Å². The summed E-state index contributed by atoms with van der Waals surface area (Å²) in [5, 5.41) is 3.22. The van der Waals surface area contributed by atoms with E-state index in [1.165, 1.54) is 0 Å². The van der Waals surface area contributed by atoms with Crippen LogP contribution in [-0.2, 0) is 0 Å². The number of nitrogens with zero attached hydrogens (tertiary/aromatic N) is 1. The van der Waals surface area contributed by atoms with Gasteiger partial charge < -0.3 is 10.2 Å². The van der Waals surface area contributed by atoms with Gasteiger partial charge in [0.15, 0.2) is 0 Å². The zero-order chi connectivity index (χ0) is 8.97. The van der Waals surface area contributed by atoms with E-state index >= 15 is 0 Å². The molecule has 1 unspecified atom stereocenters. The first kappa shape index (κ1) is 9.86. The molecule has 0 aromatic carbocycles. The predicted molar refractivity (Wildman–Crippen MR) is 44.5 cm³/mol. The van der Waals surface area contributed by atoms with Gasteiger partial charge in [-0.3, -0.25) is 0 Å². The molecule has 1 aliphatic rings. The highest BCUT2D eigenvalue weighted by atomic mass is 19.3. The largest absolute Gasteiger partial charge is 0.316 e. The second-order valence-corrected chi connectivity index (χ2v) is 3.47. The van der Waals surface area contributed by atoms with Crippen molar-refractivity contribution in [3.8, 4) is 0 Å². The lowest BCUT2D eigenvalue weighted by molar-refractivity contribution is 0.0944. The average Bonchev–Trinajstić information content (AvgIpc) is 2.37. The minimum atomic E-state index is -2.20. The van der Waals surface area contributed by atoms with Crippen LogP contribution in [0, 0.1) is 5.92 Å². The minimum absolute atomic E-state index is 0.101. The third-order valence-corrected chi connectivity index (χ3v) is 2.18. The molecule has 12 heavy (non-hydrogen) atoms. The van der Waals surface area contributed by atoms with Gasteiger partial charge in [0.1, 0.15) is 0 Å². The summed E-state index contributed by atoms with van der Waals surface area (Å²) < 4.78 is 23.8. The summed E-state index contributed by atoms with van der Waals surface area (Å²) in [6.45, 7) is 2.70. The van der Waals surface area contributed by atoms with Crippen LogP contribution < -0.4 is 5.32 Å². The lowest BCUT2D eigenvalue weighted by atomic mass is 10.1. The van der Waals surface area contributed by atoms with Crippen LogP contribution in [0.2, 0.25) is 0 Å². The normalized spacial score (nSPS) is 24.2. The maximum absolute atomic E-state index is 11.9. The summed E-state index contributed by atoms with van der Waals surface area (Å²) in [6.07, 6.45) is -1.09. The Morgan fingerprint density at radius 1 is 1.58 bits per heavy atom. The van der Waals surface area contributed by atoms with Crippen LogP contribution in [0.15, 0.2) is 0 Å². The van der Waals surface area contributed by atoms with Gasteiger partial charge in [0.05, 0.1) is 6.54 Å². The van der Waals surface area contributed by atoms with E-state index in [0.29, 0.717) is 5.92 Å². The molecule has 1 saturated heterocycles. The van der Waals surface area contributed by atoms with Crippen LogP contribution >= 0.6 is 0 Å². The molecule has 1 fully saturated rings. The number of hydrogen-bond acceptors (Lipinski definition) is 2. The fourth-order valence-corrected chi connectivity index (χ4v) is 1.62. The van der Waals surface area contributed by atoms with Crippen LogP contribution in [0.1, 0.15) is 6.42 Å². The van der Waals surface area contributed by atoms with Crippen LogP contribution in [-0.4, -0.2) is 44.6 Å². The Balaban J connectivity index is 2.11. The van der Waals surface area contributed by atoms with Crippen molar-refractivity contribution in [2.75, 3.05) is 33.2 Å². The summed E-state index contributed by atoms with van der Waals surface area (Å²) in [5.74, 6) is 0.564. The first-order chi connectivity index (χ1) is 5.68. The van der Waals surface area contributed by atoms with Gasteiger partial charge in [-0.25, -0.2) is 8.78 Å². The standard InChI is InChI=1S/C8H16F2N2/c1-12(6-8(9)10)5-7-2-3-11-4-7/h7-8,11H,2-6H2,1H3. The van der Waals surface area contributed by atoms with E-state index in [-0.39, 0.29) is 6.54 Å². The van der Waals surface area contributed by atoms with Gasteiger partial charge in [0, 0.05) is 6.54 Å². The van der Waals surface area contributed by atoms with Crippen LogP contribution in [0.3, 0.4) is 0 Å². The van der Waals surface area contributed by atoms with Gasteiger partial charge in [-0.1, -0.05) is 0 Å². The molecule has 1 heterocycles. The van der Waals surface area contributed by atoms with Gasteiger partial charge in [-0.15, -0.1) is 0 Å². The molecular formula is C8H16F2N2. The highest BCUT2D eigenvalue weighted by Gasteiger charge is 2.17. The fraction of sp³-hybridized carbons (Fsp3) is 1.00. The summed E-state index contributed by atoms with van der Waals surface area (Å²) in [4.78, 5) is 1.71. The topological polar surface area (TPSA) is 15.3 Å². The number of hydrogen-bond donors (Lipinski definition) is 1. The van der Waals surface area contributed by atoms with E-state index in [1.54, 1.807) is 11.9 Å². The zero-order valence-corrected chi connectivity index (χ0v) is 7.39. The zero-order valence-electron chi connectivity index (χ0n) is 7.39. The Labute approximate surface area is 71.9 Å². The van der Waals surface area contributed by atoms with Crippen molar-refractivity contribution in [2.45, 2.75) is 12.8 Å². The molecule has 1 rings (SSSR count). The molecule has 0 spiro atoms. The van der Waals surface area contributed by atoms with Crippen LogP contribution in [0.25, 0.3) is 0 Å². The van der Waals surface area contributed by atoms with Crippen LogP contribution in [0.5, 0.6) is 0 Å². The molecule has 2 nitrogen and oxygen atoms in total. The monoisotopic (exact) mass is 178 g/mol. The van der Waals surface area contributed by atoms with Crippen molar-refractivity contribution in [2.24, 2.45) is 5.92 Å². The summed E-state index contributed by atoms with van der Waals surface area (Å²) in [6, 6.07) is 0. The highest BCUT2D eigenvalue weighted by Crippen LogP contribution is 2.09. The van der Waals surface area contributed by atoms with Gasteiger partial charge in [-0.2, -0.15) is 0 Å². The van der Waals surface area contributed by atoms with Crippen molar-refractivity contribution < 1.29 is 8.78 Å². The van der Waals surface area contributed by atoms with Crippen molar-refractivity contribution >= 4 is 0 Å². The molecule has 1 N–H and O–H groups in total. The fourth-order valence-electron chi connectivity index (χ4n) is 1.62. The molecule has 0 saturated carbocycles. The Morgan fingerprint density at radius 3 is 2.83 bits per heavy atom. The summed E-state index contributed by atoms with van der Waals surface area (Å²) in [5.41, 5.74) is 0.